The fourth-order valence-electron chi connectivity index (χ4n) is 2.69. The molecule has 198 valence electrons. The van der Waals surface area contributed by atoms with Crippen LogP contribution in [-0.4, -0.2) is 89.1 Å². The van der Waals surface area contributed by atoms with E-state index >= 15 is 0 Å². The fraction of sp³-hybridized carbons (Fsp3) is 0.417. The summed E-state index contributed by atoms with van der Waals surface area (Å²) in [7, 11) is 4.25. The second-order valence-electron chi connectivity index (χ2n) is 8.69. The third kappa shape index (κ3) is 10.3. The van der Waals surface area contributed by atoms with Crippen LogP contribution in [0.15, 0.2) is 48.5 Å². The lowest BCUT2D eigenvalue weighted by Crippen LogP contribution is -2.37. The number of benzene rings is 2. The lowest BCUT2D eigenvalue weighted by Gasteiger charge is -2.24. The minimum Gasteiger partial charge on any atom is -0.497 e. The van der Waals surface area contributed by atoms with Crippen molar-refractivity contribution in [3.8, 4) is 11.5 Å². The summed E-state index contributed by atoms with van der Waals surface area (Å²) in [5, 5.41) is 0. The van der Waals surface area contributed by atoms with Gasteiger partial charge in [0.1, 0.15) is 31.3 Å². The monoisotopic (exact) mass is 526 g/mol. The van der Waals surface area contributed by atoms with Crippen LogP contribution >= 0.6 is 7.82 Å². The number of esters is 2. The van der Waals surface area contributed by atoms with Crippen molar-refractivity contribution in [1.29, 1.82) is 0 Å². The first-order chi connectivity index (χ1) is 16.9. The van der Waals surface area contributed by atoms with E-state index in [2.05, 4.69) is 0 Å². The minimum atomic E-state index is -4.45. The van der Waals surface area contributed by atoms with Crippen molar-refractivity contribution in [3.63, 3.8) is 0 Å². The highest BCUT2D eigenvalue weighted by Gasteiger charge is 2.27. The molecule has 0 aliphatic rings. The Morgan fingerprint density at radius 1 is 0.833 bits per heavy atom. The van der Waals surface area contributed by atoms with Gasteiger partial charge >= 0.3 is 19.8 Å². The first-order valence-electron chi connectivity index (χ1n) is 11.0. The largest absolute Gasteiger partial charge is 0.497 e. The highest BCUT2D eigenvalue weighted by molar-refractivity contribution is 7.47. The second kappa shape index (κ2) is 13.4. The molecule has 0 fully saturated rings. The van der Waals surface area contributed by atoms with Crippen LogP contribution in [0.25, 0.3) is 0 Å². The van der Waals surface area contributed by atoms with Crippen LogP contribution in [0.5, 0.6) is 11.5 Å². The van der Waals surface area contributed by atoms with E-state index < -0.39 is 39.1 Å². The number of likely N-dealkylation sites (N-methyl/N-ethyl adjacent to an activating group) is 1. The molecule has 0 spiro atoms. The SMILES string of the molecule is COc1ccc(C(=O)OC[C@H](COP(=O)(O)OCC[N+](C)(C)C)OC(=O)c2ccc(OC)cc2)cc1. The van der Waals surface area contributed by atoms with Crippen molar-refractivity contribution < 1.29 is 51.5 Å². The summed E-state index contributed by atoms with van der Waals surface area (Å²) in [5.74, 6) is -0.317. The molecule has 0 aliphatic carbocycles. The van der Waals surface area contributed by atoms with Crippen molar-refractivity contribution >= 4 is 19.8 Å². The van der Waals surface area contributed by atoms with Gasteiger partial charge in [-0.3, -0.25) is 9.05 Å². The van der Waals surface area contributed by atoms with E-state index in [1.807, 2.05) is 21.1 Å². The molecule has 0 aromatic heterocycles. The summed E-state index contributed by atoms with van der Waals surface area (Å²) in [6, 6.07) is 12.4. The number of quaternary nitrogens is 1. The average molecular weight is 526 g/mol. The number of rotatable bonds is 14. The molecule has 0 aliphatic heterocycles. The molecular weight excluding hydrogens is 493 g/mol. The number of methoxy groups -OCH3 is 2. The van der Waals surface area contributed by atoms with Crippen LogP contribution in [0.1, 0.15) is 20.7 Å². The van der Waals surface area contributed by atoms with E-state index in [0.717, 1.165) is 0 Å². The zero-order valence-electron chi connectivity index (χ0n) is 21.0. The molecule has 0 saturated heterocycles. The fourth-order valence-corrected chi connectivity index (χ4v) is 3.43. The smallest absolute Gasteiger partial charge is 0.472 e. The molecule has 2 aromatic rings. The van der Waals surface area contributed by atoms with E-state index in [1.165, 1.54) is 38.5 Å². The molecule has 0 bridgehead atoms. The molecule has 2 aromatic carbocycles. The molecule has 2 atom stereocenters. The average Bonchev–Trinajstić information content (AvgIpc) is 2.84. The topological polar surface area (TPSA) is 127 Å². The number of nitrogens with zero attached hydrogens (tertiary/aromatic N) is 1. The summed E-state index contributed by atoms with van der Waals surface area (Å²) in [6.07, 6.45) is -1.19. The number of hydrogen-bond donors (Lipinski definition) is 1. The van der Waals surface area contributed by atoms with Crippen molar-refractivity contribution in [2.45, 2.75) is 6.10 Å². The Balaban J connectivity index is 2.04. The van der Waals surface area contributed by atoms with Crippen LogP contribution in [-0.2, 0) is 23.1 Å². The van der Waals surface area contributed by atoms with E-state index in [4.69, 9.17) is 28.0 Å². The molecule has 1 N–H and O–H groups in total. The standard InChI is InChI=1S/C24H32NO10P/c1-25(2,3)14-15-33-36(28,29)34-17-22(35-24(27)19-8-12-21(31-5)13-9-19)16-32-23(26)18-6-10-20(30-4)11-7-18/h6-13,22H,14-17H2,1-5H3/p+1/t22-/m1/s1. The molecule has 36 heavy (non-hydrogen) atoms. The number of hydrogen-bond acceptors (Lipinski definition) is 9. The number of carbonyl (C=O) groups excluding carboxylic acids is 2. The third-order valence-electron chi connectivity index (χ3n) is 4.77. The quantitative estimate of drug-likeness (QED) is 0.223. The van der Waals surface area contributed by atoms with Gasteiger partial charge in [0.05, 0.1) is 53.1 Å². The van der Waals surface area contributed by atoms with E-state index in [1.54, 1.807) is 24.3 Å². The lowest BCUT2D eigenvalue weighted by molar-refractivity contribution is -0.870. The molecule has 0 radical (unpaired) electrons. The Morgan fingerprint density at radius 2 is 1.33 bits per heavy atom. The van der Waals surface area contributed by atoms with Gasteiger partial charge in [0, 0.05) is 0 Å². The Kier molecular flexibility index (Phi) is 10.9. The first kappa shape index (κ1) is 29.3. The molecule has 0 saturated carbocycles. The maximum Gasteiger partial charge on any atom is 0.472 e. The van der Waals surface area contributed by atoms with Gasteiger partial charge in [-0.2, -0.15) is 0 Å². The Bertz CT molecular complexity index is 1030. The Morgan fingerprint density at radius 3 is 1.81 bits per heavy atom. The van der Waals surface area contributed by atoms with E-state index in [0.29, 0.717) is 22.5 Å². The predicted molar refractivity (Wildman–Crippen MR) is 130 cm³/mol. The minimum absolute atomic E-state index is 0.0277. The predicted octanol–water partition coefficient (Wildman–Crippen LogP) is 2.93. The number of phosphoric acid groups is 1. The molecule has 0 amide bonds. The molecule has 12 heteroatoms. The van der Waals surface area contributed by atoms with Gasteiger partial charge < -0.3 is 28.3 Å². The van der Waals surface area contributed by atoms with Crippen LogP contribution in [0.3, 0.4) is 0 Å². The van der Waals surface area contributed by atoms with Crippen LogP contribution in [0, 0.1) is 0 Å². The zero-order chi connectivity index (χ0) is 26.8. The maximum absolute atomic E-state index is 12.6. The normalized spacial score (nSPS) is 13.8. The van der Waals surface area contributed by atoms with E-state index in [9.17, 15) is 19.0 Å². The molecule has 11 nitrogen and oxygen atoms in total. The van der Waals surface area contributed by atoms with Crippen molar-refractivity contribution in [2.75, 3.05) is 61.7 Å². The van der Waals surface area contributed by atoms with Crippen molar-refractivity contribution in [1.82, 2.24) is 0 Å². The lowest BCUT2D eigenvalue weighted by atomic mass is 10.2. The number of ether oxygens (including phenoxy) is 4. The summed E-state index contributed by atoms with van der Waals surface area (Å²) in [5.41, 5.74) is 0.446. The zero-order valence-corrected chi connectivity index (χ0v) is 21.9. The third-order valence-corrected chi connectivity index (χ3v) is 5.75. The van der Waals surface area contributed by atoms with Crippen LogP contribution in [0.4, 0.5) is 0 Å². The summed E-state index contributed by atoms with van der Waals surface area (Å²) >= 11 is 0. The molecular formula is C24H33NO10P+. The van der Waals surface area contributed by atoms with Crippen molar-refractivity contribution in [2.24, 2.45) is 0 Å². The molecule has 1 unspecified atom stereocenters. The Labute approximate surface area is 210 Å². The number of carbonyl (C=O) groups is 2. The summed E-state index contributed by atoms with van der Waals surface area (Å²) < 4.78 is 43.6. The maximum atomic E-state index is 12.6. The molecule has 2 rings (SSSR count). The van der Waals surface area contributed by atoms with Gasteiger partial charge in [0.2, 0.25) is 0 Å². The highest BCUT2D eigenvalue weighted by Crippen LogP contribution is 2.43. The van der Waals surface area contributed by atoms with E-state index in [-0.39, 0.29) is 17.7 Å². The van der Waals surface area contributed by atoms with Gasteiger partial charge in [-0.05, 0) is 48.5 Å². The Hall–Kier alpha value is -2.95. The summed E-state index contributed by atoms with van der Waals surface area (Å²) in [6.45, 7) is -0.537. The first-order valence-corrected chi connectivity index (χ1v) is 12.5. The van der Waals surface area contributed by atoms with Gasteiger partial charge in [0.25, 0.3) is 0 Å². The number of phosphoric ester groups is 1. The van der Waals surface area contributed by atoms with Crippen molar-refractivity contribution in [3.05, 3.63) is 59.7 Å². The van der Waals surface area contributed by atoms with Gasteiger partial charge in [-0.15, -0.1) is 0 Å². The van der Waals surface area contributed by atoms with Gasteiger partial charge in [-0.25, -0.2) is 14.2 Å². The molecule has 0 heterocycles. The van der Waals surface area contributed by atoms with Gasteiger partial charge in [-0.1, -0.05) is 0 Å². The second-order valence-corrected chi connectivity index (χ2v) is 10.1. The highest BCUT2D eigenvalue weighted by atomic mass is 31.2. The van der Waals surface area contributed by atoms with Crippen LogP contribution < -0.4 is 9.47 Å². The van der Waals surface area contributed by atoms with Gasteiger partial charge in [0.15, 0.2) is 6.10 Å². The van der Waals surface area contributed by atoms with Crippen LogP contribution in [0.2, 0.25) is 0 Å². The summed E-state index contributed by atoms with van der Waals surface area (Å²) in [4.78, 5) is 35.0.